The van der Waals surface area contributed by atoms with Gasteiger partial charge in [0.1, 0.15) is 12.9 Å². The van der Waals surface area contributed by atoms with Crippen molar-refractivity contribution in [3.05, 3.63) is 64.6 Å². The molecule has 0 aliphatic carbocycles. The normalized spacial score (nSPS) is 10.1. The number of carbonyl (C=O) groups is 1. The van der Waals surface area contributed by atoms with Crippen molar-refractivity contribution in [2.24, 2.45) is 0 Å². The number of carbonyl (C=O) groups excluding carboxylic acids is 1. The van der Waals surface area contributed by atoms with E-state index in [1.54, 1.807) is 48.1 Å². The van der Waals surface area contributed by atoms with Crippen LogP contribution in [-0.4, -0.2) is 50.1 Å². The van der Waals surface area contributed by atoms with Crippen molar-refractivity contribution in [1.82, 2.24) is 24.4 Å². The molecule has 0 atom stereocenters. The first kappa shape index (κ1) is 22.1. The third-order valence-corrected chi connectivity index (χ3v) is 4.25. The van der Waals surface area contributed by atoms with Crippen molar-refractivity contribution in [3.63, 3.8) is 0 Å². The zero-order valence-electron chi connectivity index (χ0n) is 15.2. The largest absolute Gasteiger partial charge is 0.489 e. The summed E-state index contributed by atoms with van der Waals surface area (Å²) in [5.41, 5.74) is 0. The molecule has 0 radical (unpaired) electrons. The number of ether oxygens (including phenoxy) is 1. The van der Waals surface area contributed by atoms with Gasteiger partial charge in [-0.15, -0.1) is 0 Å². The molecule has 0 aliphatic heterocycles. The Bertz CT molecular complexity index is 801. The second kappa shape index (κ2) is 11.6. The summed E-state index contributed by atoms with van der Waals surface area (Å²) in [5, 5.41) is 1.12. The Morgan fingerprint density at radius 2 is 1.93 bits per heavy atom. The minimum atomic E-state index is -0.152. The molecule has 0 spiro atoms. The average Bonchev–Trinajstić information content (AvgIpc) is 3.38. The van der Waals surface area contributed by atoms with Crippen LogP contribution in [-0.2, 0) is 0 Å². The molecular formula is C18H20Cl3N5O2. The zero-order valence-corrected chi connectivity index (χ0v) is 17.5. The van der Waals surface area contributed by atoms with Gasteiger partial charge in [-0.1, -0.05) is 41.7 Å². The van der Waals surface area contributed by atoms with E-state index in [9.17, 15) is 4.79 Å². The van der Waals surface area contributed by atoms with E-state index in [0.29, 0.717) is 33.9 Å². The Hall–Kier alpha value is -2.22. The van der Waals surface area contributed by atoms with Crippen LogP contribution in [0.2, 0.25) is 15.1 Å². The summed E-state index contributed by atoms with van der Waals surface area (Å²) in [4.78, 5) is 24.3. The molecule has 3 rings (SSSR count). The third-order valence-electron chi connectivity index (χ3n) is 3.47. The molecule has 150 valence electrons. The van der Waals surface area contributed by atoms with Gasteiger partial charge in [0.05, 0.1) is 22.9 Å². The fourth-order valence-corrected chi connectivity index (χ4v) is 3.17. The van der Waals surface area contributed by atoms with Crippen molar-refractivity contribution < 1.29 is 9.53 Å². The molecule has 0 saturated heterocycles. The molecule has 3 aromatic rings. The number of imidazole rings is 2. The van der Waals surface area contributed by atoms with Crippen LogP contribution in [0.1, 0.15) is 13.3 Å². The molecule has 2 heterocycles. The van der Waals surface area contributed by atoms with E-state index >= 15 is 0 Å². The van der Waals surface area contributed by atoms with Gasteiger partial charge in [0, 0.05) is 36.4 Å². The van der Waals surface area contributed by atoms with E-state index in [1.807, 2.05) is 6.92 Å². The Morgan fingerprint density at radius 3 is 2.43 bits per heavy atom. The Labute approximate surface area is 178 Å². The van der Waals surface area contributed by atoms with Crippen LogP contribution >= 0.6 is 34.8 Å². The molecule has 1 amide bonds. The summed E-state index contributed by atoms with van der Waals surface area (Å²) >= 11 is 18.0. The maximum absolute atomic E-state index is 12.3. The van der Waals surface area contributed by atoms with E-state index in [1.165, 1.54) is 10.9 Å². The number of nitrogens with zero attached hydrogens (tertiary/aromatic N) is 4. The van der Waals surface area contributed by atoms with Crippen LogP contribution in [0.3, 0.4) is 0 Å². The first-order chi connectivity index (χ1) is 13.5. The minimum Gasteiger partial charge on any atom is -0.489 e. The predicted octanol–water partition coefficient (Wildman–Crippen LogP) is 5.01. The van der Waals surface area contributed by atoms with Gasteiger partial charge >= 0.3 is 6.03 Å². The van der Waals surface area contributed by atoms with Crippen molar-refractivity contribution in [1.29, 1.82) is 0 Å². The second-order valence-electron chi connectivity index (χ2n) is 5.55. The minimum absolute atomic E-state index is 0.152. The number of halogens is 3. The lowest BCUT2D eigenvalue weighted by Crippen LogP contribution is -2.37. The van der Waals surface area contributed by atoms with E-state index < -0.39 is 0 Å². The molecule has 10 heteroatoms. The second-order valence-corrected chi connectivity index (χ2v) is 6.80. The molecule has 0 unspecified atom stereocenters. The molecule has 28 heavy (non-hydrogen) atoms. The van der Waals surface area contributed by atoms with Crippen LogP contribution in [0.25, 0.3) is 0 Å². The molecule has 0 saturated carbocycles. The maximum atomic E-state index is 12.3. The number of H-pyrrole nitrogens is 1. The Kier molecular flexibility index (Phi) is 9.13. The van der Waals surface area contributed by atoms with Crippen molar-refractivity contribution in [2.75, 3.05) is 19.7 Å². The van der Waals surface area contributed by atoms with E-state index in [2.05, 4.69) is 15.0 Å². The number of rotatable bonds is 6. The molecule has 0 bridgehead atoms. The number of nitrogens with one attached hydrogen (secondary N) is 1. The van der Waals surface area contributed by atoms with Gasteiger partial charge in [-0.2, -0.15) is 0 Å². The SMILES string of the molecule is CCCN(CCOc1c(Cl)cc(Cl)cc1Cl)C(=O)n1ccnc1.c1c[nH]cn1. The first-order valence-electron chi connectivity index (χ1n) is 8.50. The molecule has 1 aromatic carbocycles. The molecule has 7 nitrogen and oxygen atoms in total. The van der Waals surface area contributed by atoms with Crippen molar-refractivity contribution in [3.8, 4) is 5.75 Å². The fourth-order valence-electron chi connectivity index (χ4n) is 2.25. The van der Waals surface area contributed by atoms with Crippen LogP contribution in [0.15, 0.2) is 49.6 Å². The van der Waals surface area contributed by atoms with Crippen molar-refractivity contribution in [2.45, 2.75) is 13.3 Å². The standard InChI is InChI=1S/C15H16Cl3N3O2.C3H4N2/c1-2-4-20(15(22)21-5-3-19-10-21)6-7-23-14-12(17)8-11(16)9-13(14)18;1-2-5-3-4-1/h3,5,8-10H,2,4,6-7H2,1H3;1-3H,(H,4,5). The van der Waals surface area contributed by atoms with Crippen LogP contribution in [0.4, 0.5) is 4.79 Å². The highest BCUT2D eigenvalue weighted by Crippen LogP contribution is 2.35. The molecule has 2 aromatic heterocycles. The highest BCUT2D eigenvalue weighted by Gasteiger charge is 2.15. The average molecular weight is 445 g/mol. The summed E-state index contributed by atoms with van der Waals surface area (Å²) in [6.07, 6.45) is 10.6. The topological polar surface area (TPSA) is 76.0 Å². The lowest BCUT2D eigenvalue weighted by atomic mass is 10.3. The van der Waals surface area contributed by atoms with Crippen molar-refractivity contribution >= 4 is 40.8 Å². The number of amides is 1. The summed E-state index contributed by atoms with van der Waals surface area (Å²) in [6, 6.07) is 2.97. The highest BCUT2D eigenvalue weighted by atomic mass is 35.5. The summed E-state index contributed by atoms with van der Waals surface area (Å²) in [6.45, 7) is 3.28. The smallest absolute Gasteiger partial charge is 0.329 e. The van der Waals surface area contributed by atoms with Crippen LogP contribution < -0.4 is 4.74 Å². The van der Waals surface area contributed by atoms with Gasteiger partial charge < -0.3 is 14.6 Å². The number of hydrogen-bond acceptors (Lipinski definition) is 4. The van der Waals surface area contributed by atoms with Crippen LogP contribution in [0.5, 0.6) is 5.75 Å². The number of hydrogen-bond donors (Lipinski definition) is 1. The predicted molar refractivity (Wildman–Crippen MR) is 110 cm³/mol. The molecular weight excluding hydrogens is 425 g/mol. The van der Waals surface area contributed by atoms with Gasteiger partial charge in [-0.25, -0.2) is 14.8 Å². The Balaban J connectivity index is 0.000000485. The van der Waals surface area contributed by atoms with E-state index in [0.717, 1.165) is 6.42 Å². The highest BCUT2D eigenvalue weighted by molar-refractivity contribution is 6.40. The number of benzene rings is 1. The number of aromatic nitrogens is 4. The maximum Gasteiger partial charge on any atom is 0.329 e. The van der Waals surface area contributed by atoms with Gasteiger partial charge in [-0.3, -0.25) is 4.57 Å². The summed E-state index contributed by atoms with van der Waals surface area (Å²) in [7, 11) is 0. The lowest BCUT2D eigenvalue weighted by Gasteiger charge is -2.22. The molecule has 0 aliphatic rings. The molecule has 0 fully saturated rings. The van der Waals surface area contributed by atoms with Gasteiger partial charge in [0.25, 0.3) is 0 Å². The quantitative estimate of drug-likeness (QED) is 0.579. The molecule has 1 N–H and O–H groups in total. The van der Waals surface area contributed by atoms with E-state index in [4.69, 9.17) is 39.5 Å². The van der Waals surface area contributed by atoms with Gasteiger partial charge in [-0.05, 0) is 18.6 Å². The first-order valence-corrected chi connectivity index (χ1v) is 9.63. The van der Waals surface area contributed by atoms with Gasteiger partial charge in [0.2, 0.25) is 0 Å². The fraction of sp³-hybridized carbons (Fsp3) is 0.278. The summed E-state index contributed by atoms with van der Waals surface area (Å²) < 4.78 is 7.05. The summed E-state index contributed by atoms with van der Waals surface area (Å²) in [5.74, 6) is 0.365. The monoisotopic (exact) mass is 443 g/mol. The zero-order chi connectivity index (χ0) is 20.4. The third kappa shape index (κ3) is 6.74. The van der Waals surface area contributed by atoms with E-state index in [-0.39, 0.29) is 12.6 Å². The Morgan fingerprint density at radius 1 is 1.18 bits per heavy atom. The van der Waals surface area contributed by atoms with Gasteiger partial charge in [0.15, 0.2) is 5.75 Å². The number of aromatic amines is 1. The van der Waals surface area contributed by atoms with Crippen LogP contribution in [0, 0.1) is 0 Å². The lowest BCUT2D eigenvalue weighted by molar-refractivity contribution is 0.184.